The fraction of sp³-hybridized carbons (Fsp3) is 0.909. The number of carbonyl (C=O) groups excluding carboxylic acids is 1. The van der Waals surface area contributed by atoms with Crippen molar-refractivity contribution in [1.29, 1.82) is 0 Å². The molecule has 2 atom stereocenters. The number of piperidine rings is 1. The molecular weight excluding hydrogens is 178 g/mol. The van der Waals surface area contributed by atoms with Crippen molar-refractivity contribution in [2.24, 2.45) is 11.8 Å². The maximum absolute atomic E-state index is 11.8. The van der Waals surface area contributed by atoms with Crippen molar-refractivity contribution in [2.75, 3.05) is 13.1 Å². The molecule has 0 aromatic heterocycles. The Morgan fingerprint density at radius 1 is 1.43 bits per heavy atom. The SMILES string of the molecule is C[C@H]1CNCC[C@H]1C(=O)OC(C)(C)C. The fourth-order valence-corrected chi connectivity index (χ4v) is 1.74. The first-order valence-corrected chi connectivity index (χ1v) is 5.34. The Morgan fingerprint density at radius 3 is 2.57 bits per heavy atom. The van der Waals surface area contributed by atoms with E-state index in [1.807, 2.05) is 20.8 Å². The zero-order chi connectivity index (χ0) is 10.8. The van der Waals surface area contributed by atoms with Crippen molar-refractivity contribution in [1.82, 2.24) is 5.32 Å². The second-order valence-electron chi connectivity index (χ2n) is 5.11. The van der Waals surface area contributed by atoms with E-state index in [2.05, 4.69) is 12.2 Å². The average molecular weight is 199 g/mol. The third kappa shape index (κ3) is 3.29. The highest BCUT2D eigenvalue weighted by molar-refractivity contribution is 5.73. The first kappa shape index (κ1) is 11.5. The van der Waals surface area contributed by atoms with Gasteiger partial charge in [-0.05, 0) is 46.2 Å². The van der Waals surface area contributed by atoms with Gasteiger partial charge in [-0.3, -0.25) is 4.79 Å². The molecule has 1 fully saturated rings. The molecule has 1 rings (SSSR count). The first-order chi connectivity index (χ1) is 6.40. The highest BCUT2D eigenvalue weighted by atomic mass is 16.6. The Kier molecular flexibility index (Phi) is 3.53. The van der Waals surface area contributed by atoms with Crippen molar-refractivity contribution < 1.29 is 9.53 Å². The average Bonchev–Trinajstić information content (AvgIpc) is 2.01. The molecule has 0 aromatic carbocycles. The number of esters is 1. The number of carbonyl (C=O) groups is 1. The second-order valence-corrected chi connectivity index (χ2v) is 5.11. The summed E-state index contributed by atoms with van der Waals surface area (Å²) >= 11 is 0. The Morgan fingerprint density at radius 2 is 2.07 bits per heavy atom. The van der Waals surface area contributed by atoms with Crippen molar-refractivity contribution in [2.45, 2.75) is 39.7 Å². The Bertz CT molecular complexity index is 208. The van der Waals surface area contributed by atoms with E-state index in [-0.39, 0.29) is 17.5 Å². The zero-order valence-corrected chi connectivity index (χ0v) is 9.59. The molecule has 0 bridgehead atoms. The van der Waals surface area contributed by atoms with Gasteiger partial charge in [-0.15, -0.1) is 0 Å². The molecule has 1 aliphatic rings. The van der Waals surface area contributed by atoms with Crippen molar-refractivity contribution in [3.8, 4) is 0 Å². The molecule has 1 saturated heterocycles. The van der Waals surface area contributed by atoms with Gasteiger partial charge in [0.15, 0.2) is 0 Å². The molecule has 14 heavy (non-hydrogen) atoms. The maximum atomic E-state index is 11.8. The third-order valence-corrected chi connectivity index (χ3v) is 2.49. The summed E-state index contributed by atoms with van der Waals surface area (Å²) < 4.78 is 5.38. The maximum Gasteiger partial charge on any atom is 0.309 e. The summed E-state index contributed by atoms with van der Waals surface area (Å²) in [5.41, 5.74) is -0.359. The largest absolute Gasteiger partial charge is 0.460 e. The van der Waals surface area contributed by atoms with Gasteiger partial charge < -0.3 is 10.1 Å². The predicted molar refractivity (Wildman–Crippen MR) is 56.0 cm³/mol. The van der Waals surface area contributed by atoms with Crippen LogP contribution in [0.3, 0.4) is 0 Å². The van der Waals surface area contributed by atoms with Crippen LogP contribution in [0.25, 0.3) is 0 Å². The third-order valence-electron chi connectivity index (χ3n) is 2.49. The summed E-state index contributed by atoms with van der Waals surface area (Å²) in [5.74, 6) is 0.431. The van der Waals surface area contributed by atoms with Crippen LogP contribution >= 0.6 is 0 Å². The van der Waals surface area contributed by atoms with Crippen LogP contribution in [0.15, 0.2) is 0 Å². The van der Waals surface area contributed by atoms with Crippen LogP contribution in [-0.4, -0.2) is 24.7 Å². The van der Waals surface area contributed by atoms with Crippen LogP contribution in [0, 0.1) is 11.8 Å². The molecule has 3 heteroatoms. The number of hydrogen-bond donors (Lipinski definition) is 1. The summed E-state index contributed by atoms with van der Waals surface area (Å²) in [6, 6.07) is 0. The normalized spacial score (nSPS) is 28.6. The smallest absolute Gasteiger partial charge is 0.309 e. The standard InChI is InChI=1S/C11H21NO2/c1-8-7-12-6-5-9(8)10(13)14-11(2,3)4/h8-9,12H,5-7H2,1-4H3/t8-,9+/m0/s1. The fourth-order valence-electron chi connectivity index (χ4n) is 1.74. The minimum absolute atomic E-state index is 0.0356. The van der Waals surface area contributed by atoms with Gasteiger partial charge >= 0.3 is 5.97 Å². The van der Waals surface area contributed by atoms with E-state index in [1.54, 1.807) is 0 Å². The molecule has 0 spiro atoms. The molecule has 0 radical (unpaired) electrons. The number of ether oxygens (including phenoxy) is 1. The molecule has 3 nitrogen and oxygen atoms in total. The quantitative estimate of drug-likeness (QED) is 0.651. The van der Waals surface area contributed by atoms with Crippen LogP contribution in [0.2, 0.25) is 0 Å². The lowest BCUT2D eigenvalue weighted by atomic mass is 9.88. The number of hydrogen-bond acceptors (Lipinski definition) is 3. The highest BCUT2D eigenvalue weighted by Gasteiger charge is 2.31. The van der Waals surface area contributed by atoms with Crippen molar-refractivity contribution in [3.05, 3.63) is 0 Å². The zero-order valence-electron chi connectivity index (χ0n) is 9.59. The highest BCUT2D eigenvalue weighted by Crippen LogP contribution is 2.22. The Balaban J connectivity index is 2.50. The van der Waals surface area contributed by atoms with Crippen LogP contribution in [0.1, 0.15) is 34.1 Å². The monoisotopic (exact) mass is 199 g/mol. The summed E-state index contributed by atoms with van der Waals surface area (Å²) in [6.45, 7) is 9.68. The minimum Gasteiger partial charge on any atom is -0.460 e. The molecular formula is C11H21NO2. The van der Waals surface area contributed by atoms with Gasteiger partial charge in [0.2, 0.25) is 0 Å². The van der Waals surface area contributed by atoms with Gasteiger partial charge in [0.05, 0.1) is 5.92 Å². The summed E-state index contributed by atoms with van der Waals surface area (Å²) in [5, 5.41) is 3.27. The van der Waals surface area contributed by atoms with Crippen LogP contribution in [-0.2, 0) is 9.53 Å². The van der Waals surface area contributed by atoms with E-state index >= 15 is 0 Å². The van der Waals surface area contributed by atoms with Gasteiger partial charge in [-0.2, -0.15) is 0 Å². The lowest BCUT2D eigenvalue weighted by Gasteiger charge is -2.30. The van der Waals surface area contributed by atoms with E-state index in [0.717, 1.165) is 19.5 Å². The number of rotatable bonds is 1. The van der Waals surface area contributed by atoms with Gasteiger partial charge in [-0.1, -0.05) is 6.92 Å². The lowest BCUT2D eigenvalue weighted by Crippen LogP contribution is -2.41. The Hall–Kier alpha value is -0.570. The van der Waals surface area contributed by atoms with E-state index < -0.39 is 0 Å². The summed E-state index contributed by atoms with van der Waals surface area (Å²) in [6.07, 6.45) is 0.899. The first-order valence-electron chi connectivity index (χ1n) is 5.34. The predicted octanol–water partition coefficient (Wildman–Crippen LogP) is 1.57. The van der Waals surface area contributed by atoms with Gasteiger partial charge in [0.25, 0.3) is 0 Å². The molecule has 82 valence electrons. The van der Waals surface area contributed by atoms with Crippen molar-refractivity contribution in [3.63, 3.8) is 0 Å². The topological polar surface area (TPSA) is 38.3 Å². The molecule has 1 N–H and O–H groups in total. The lowest BCUT2D eigenvalue weighted by molar-refractivity contribution is -0.162. The van der Waals surface area contributed by atoms with Crippen LogP contribution in [0.5, 0.6) is 0 Å². The Labute approximate surface area is 86.2 Å². The van der Waals surface area contributed by atoms with E-state index in [9.17, 15) is 4.79 Å². The van der Waals surface area contributed by atoms with Crippen molar-refractivity contribution >= 4 is 5.97 Å². The van der Waals surface area contributed by atoms with Crippen LogP contribution < -0.4 is 5.32 Å². The van der Waals surface area contributed by atoms with Gasteiger partial charge in [-0.25, -0.2) is 0 Å². The van der Waals surface area contributed by atoms with Gasteiger partial charge in [0, 0.05) is 0 Å². The molecule has 0 saturated carbocycles. The molecule has 0 unspecified atom stereocenters. The molecule has 0 aliphatic carbocycles. The minimum atomic E-state index is -0.359. The molecule has 1 heterocycles. The number of nitrogens with one attached hydrogen (secondary N) is 1. The van der Waals surface area contributed by atoms with Gasteiger partial charge in [0.1, 0.15) is 5.60 Å². The molecule has 1 aliphatic heterocycles. The van der Waals surface area contributed by atoms with E-state index in [0.29, 0.717) is 5.92 Å². The second kappa shape index (κ2) is 4.30. The van der Waals surface area contributed by atoms with Crippen LogP contribution in [0.4, 0.5) is 0 Å². The molecule has 0 amide bonds. The molecule has 0 aromatic rings. The summed E-state index contributed by atoms with van der Waals surface area (Å²) in [4.78, 5) is 11.8. The van der Waals surface area contributed by atoms with E-state index in [1.165, 1.54) is 0 Å². The summed E-state index contributed by atoms with van der Waals surface area (Å²) in [7, 11) is 0. The van der Waals surface area contributed by atoms with E-state index in [4.69, 9.17) is 4.74 Å².